The van der Waals surface area contributed by atoms with Crippen LogP contribution >= 0.6 is 0 Å². The summed E-state index contributed by atoms with van der Waals surface area (Å²) in [5, 5.41) is 2.83. The molecule has 0 N–H and O–H groups in total. The van der Waals surface area contributed by atoms with Crippen LogP contribution in [0, 0.1) is 0 Å². The quantitative estimate of drug-likeness (QED) is 0.0571. The van der Waals surface area contributed by atoms with Crippen molar-refractivity contribution in [3.8, 4) is 0 Å². The molecule has 0 saturated heterocycles. The molecule has 49 heavy (non-hydrogen) atoms. The number of aryl methyl sites for hydroxylation is 2. The van der Waals surface area contributed by atoms with Crippen molar-refractivity contribution in [1.82, 2.24) is 0 Å². The zero-order valence-electron chi connectivity index (χ0n) is 30.1. The van der Waals surface area contributed by atoms with Gasteiger partial charge in [-0.25, -0.2) is 16.8 Å². The van der Waals surface area contributed by atoms with Crippen LogP contribution in [0.4, 0.5) is 0 Å². The van der Waals surface area contributed by atoms with Crippen molar-refractivity contribution >= 4 is 79.5 Å². The van der Waals surface area contributed by atoms with Gasteiger partial charge in [0.2, 0.25) is 0 Å². The summed E-state index contributed by atoms with van der Waals surface area (Å²) in [6.07, 6.45) is 15.5. The molecule has 0 fully saturated rings. The minimum absolute atomic E-state index is 0. The average Bonchev–Trinajstić information content (AvgIpc) is 3.04. The van der Waals surface area contributed by atoms with Gasteiger partial charge in [0.25, 0.3) is 0 Å². The van der Waals surface area contributed by atoms with E-state index in [1.807, 2.05) is 24.3 Å². The van der Waals surface area contributed by atoms with E-state index in [0.29, 0.717) is 23.6 Å². The second-order valence-corrected chi connectivity index (χ2v) is 15.5. The van der Waals surface area contributed by atoms with Gasteiger partial charge in [0, 0.05) is 0 Å². The number of fused-ring (bicyclic) bond motifs is 2. The van der Waals surface area contributed by atoms with Crippen LogP contribution in [0.15, 0.2) is 70.5 Å². The van der Waals surface area contributed by atoms with E-state index < -0.39 is 20.2 Å². The van der Waals surface area contributed by atoms with Gasteiger partial charge in [0.05, 0.1) is 9.79 Å². The fraction of sp³-hybridized carbons (Fsp3) is 0.500. The standard InChI is InChI=1S/2C20H28O3S.Ca/c2*1-3-5-7-11-16-15-17-12-9-10-14-19(17)20(24(21,22)23)18(16)13-8-6-4-2;/h2*9-10,12,14-15H,3-8,11,13H2,1-2H3,(H,21,22,23);/q;;+2/p-2. The molecule has 4 aromatic carbocycles. The number of hydrogen-bond donors (Lipinski definition) is 0. The molecule has 4 aromatic rings. The first-order valence-corrected chi connectivity index (χ1v) is 20.8. The van der Waals surface area contributed by atoms with Crippen LogP contribution in [-0.2, 0) is 45.9 Å². The zero-order valence-corrected chi connectivity index (χ0v) is 33.9. The Morgan fingerprint density at radius 2 is 0.776 bits per heavy atom. The first-order chi connectivity index (χ1) is 23.0. The largest absolute Gasteiger partial charge is 2.00 e. The van der Waals surface area contributed by atoms with Crippen molar-refractivity contribution in [2.24, 2.45) is 0 Å². The van der Waals surface area contributed by atoms with E-state index in [1.54, 1.807) is 24.3 Å². The van der Waals surface area contributed by atoms with Crippen molar-refractivity contribution in [3.63, 3.8) is 0 Å². The number of rotatable bonds is 18. The van der Waals surface area contributed by atoms with E-state index in [4.69, 9.17) is 0 Å². The van der Waals surface area contributed by atoms with Gasteiger partial charge < -0.3 is 9.11 Å². The number of unbranched alkanes of at least 4 members (excludes halogenated alkanes) is 8. The molecule has 6 nitrogen and oxygen atoms in total. The topological polar surface area (TPSA) is 114 Å². The third-order valence-corrected chi connectivity index (χ3v) is 11.0. The Hall–Kier alpha value is -1.52. The van der Waals surface area contributed by atoms with Crippen LogP contribution in [-0.4, -0.2) is 63.7 Å². The Kier molecular flexibility index (Phi) is 19.4. The van der Waals surface area contributed by atoms with E-state index in [-0.39, 0.29) is 47.5 Å². The SMILES string of the molecule is CCCCCc1cc2ccccc2c(S(=O)(=O)[O-])c1CCCCC.CCCCCc1cc2ccccc2c(S(=O)(=O)[O-])c1CCCCC.[Ca+2]. The molecule has 0 saturated carbocycles. The predicted molar refractivity (Wildman–Crippen MR) is 202 cm³/mol. The second kappa shape index (κ2) is 21.8. The molecule has 0 aromatic heterocycles. The summed E-state index contributed by atoms with van der Waals surface area (Å²) in [6.45, 7) is 8.54. The van der Waals surface area contributed by atoms with E-state index >= 15 is 0 Å². The van der Waals surface area contributed by atoms with Gasteiger partial charge >= 0.3 is 37.7 Å². The molecule has 0 atom stereocenters. The molecule has 4 rings (SSSR count). The summed E-state index contributed by atoms with van der Waals surface area (Å²) in [7, 11) is -9.00. The van der Waals surface area contributed by atoms with Crippen LogP contribution in [0.3, 0.4) is 0 Å². The third kappa shape index (κ3) is 12.9. The Balaban J connectivity index is 0.000000333. The molecule has 0 aliphatic rings. The molecule has 264 valence electrons. The molecule has 0 spiro atoms. The summed E-state index contributed by atoms with van der Waals surface area (Å²) in [5.74, 6) is 0. The summed E-state index contributed by atoms with van der Waals surface area (Å²) >= 11 is 0. The first kappa shape index (κ1) is 43.6. The molecular formula is C40H54CaO6S2. The van der Waals surface area contributed by atoms with Crippen LogP contribution in [0.1, 0.15) is 127 Å². The van der Waals surface area contributed by atoms with Gasteiger partial charge in [-0.15, -0.1) is 0 Å². The smallest absolute Gasteiger partial charge is 0.744 e. The molecule has 0 unspecified atom stereocenters. The van der Waals surface area contributed by atoms with Crippen LogP contribution in [0.25, 0.3) is 21.5 Å². The van der Waals surface area contributed by atoms with Crippen molar-refractivity contribution in [2.75, 3.05) is 0 Å². The number of hydrogen-bond acceptors (Lipinski definition) is 6. The van der Waals surface area contributed by atoms with Gasteiger partial charge in [-0.05, 0) is 95.2 Å². The van der Waals surface area contributed by atoms with E-state index in [2.05, 4.69) is 39.8 Å². The molecule has 0 amide bonds. The molecule has 0 bridgehead atoms. The molecule has 0 radical (unpaired) electrons. The van der Waals surface area contributed by atoms with Gasteiger partial charge in [0.1, 0.15) is 20.2 Å². The van der Waals surface area contributed by atoms with Gasteiger partial charge in [-0.3, -0.25) is 0 Å². The maximum atomic E-state index is 12.0. The van der Waals surface area contributed by atoms with Gasteiger partial charge in [0.15, 0.2) is 0 Å². The summed E-state index contributed by atoms with van der Waals surface area (Å²) in [4.78, 5) is 0.0337. The van der Waals surface area contributed by atoms with Crippen LogP contribution < -0.4 is 0 Å². The molecule has 0 heterocycles. The Labute approximate surface area is 326 Å². The van der Waals surface area contributed by atoms with Gasteiger partial charge in [-0.2, -0.15) is 0 Å². The minimum atomic E-state index is -4.50. The minimum Gasteiger partial charge on any atom is -0.744 e. The monoisotopic (exact) mass is 734 g/mol. The van der Waals surface area contributed by atoms with E-state index in [9.17, 15) is 25.9 Å². The predicted octanol–water partition coefficient (Wildman–Crippen LogP) is 10.0. The maximum absolute atomic E-state index is 12.0. The molecule has 0 aliphatic heterocycles. The average molecular weight is 735 g/mol. The second-order valence-electron chi connectivity index (χ2n) is 12.9. The maximum Gasteiger partial charge on any atom is 2.00 e. The normalized spacial score (nSPS) is 11.7. The van der Waals surface area contributed by atoms with Crippen LogP contribution in [0.5, 0.6) is 0 Å². The van der Waals surface area contributed by atoms with Crippen molar-refractivity contribution in [3.05, 3.63) is 82.9 Å². The van der Waals surface area contributed by atoms with Gasteiger partial charge in [-0.1, -0.05) is 140 Å². The van der Waals surface area contributed by atoms with Crippen molar-refractivity contribution < 1.29 is 25.9 Å². The molecular weight excluding hydrogens is 681 g/mol. The third-order valence-electron chi connectivity index (χ3n) is 9.05. The van der Waals surface area contributed by atoms with E-state index in [1.165, 1.54) is 0 Å². The summed E-state index contributed by atoms with van der Waals surface area (Å²) in [6, 6.07) is 18.8. The molecule has 0 aliphatic carbocycles. The van der Waals surface area contributed by atoms with Crippen molar-refractivity contribution in [2.45, 2.75) is 140 Å². The number of benzene rings is 4. The first-order valence-electron chi connectivity index (χ1n) is 18.0. The fourth-order valence-corrected chi connectivity index (χ4v) is 8.61. The Bertz CT molecular complexity index is 1700. The Morgan fingerprint density at radius 1 is 0.469 bits per heavy atom. The summed E-state index contributed by atoms with van der Waals surface area (Å²) in [5.41, 5.74) is 3.59. The fourth-order valence-electron chi connectivity index (χ4n) is 6.63. The van der Waals surface area contributed by atoms with Crippen molar-refractivity contribution in [1.29, 1.82) is 0 Å². The van der Waals surface area contributed by atoms with Crippen LogP contribution in [0.2, 0.25) is 0 Å². The molecule has 9 heteroatoms. The Morgan fingerprint density at radius 3 is 1.08 bits per heavy atom. The van der Waals surface area contributed by atoms with E-state index in [0.717, 1.165) is 123 Å². The zero-order chi connectivity index (χ0) is 35.2. The summed E-state index contributed by atoms with van der Waals surface area (Å²) < 4.78 is 72.2.